The van der Waals surface area contributed by atoms with Crippen molar-refractivity contribution < 1.29 is 15.0 Å². The Morgan fingerprint density at radius 3 is 2.58 bits per heavy atom. The number of aromatic nitrogens is 1. The zero-order chi connectivity index (χ0) is 19.5. The molecule has 1 heterocycles. The van der Waals surface area contributed by atoms with Gasteiger partial charge in [0, 0.05) is 24.4 Å². The summed E-state index contributed by atoms with van der Waals surface area (Å²) in [6.45, 7) is 7.97. The van der Waals surface area contributed by atoms with Crippen LogP contribution in [-0.4, -0.2) is 32.8 Å². The first-order chi connectivity index (χ1) is 12.1. The second-order valence-corrected chi connectivity index (χ2v) is 8.47. The van der Waals surface area contributed by atoms with Crippen LogP contribution >= 0.6 is 0 Å². The SMILES string of the molecule is Cc1cnc(C[C@](O)(C(=O)O)[C@@H](N)CC(C)C)c(C)c1CCCC1CC1. The van der Waals surface area contributed by atoms with Gasteiger partial charge in [-0.2, -0.15) is 0 Å². The van der Waals surface area contributed by atoms with Gasteiger partial charge >= 0.3 is 5.97 Å². The summed E-state index contributed by atoms with van der Waals surface area (Å²) in [5.74, 6) is -0.160. The Labute approximate surface area is 157 Å². The summed E-state index contributed by atoms with van der Waals surface area (Å²) in [5, 5.41) is 20.5. The van der Waals surface area contributed by atoms with E-state index in [-0.39, 0.29) is 12.3 Å². The van der Waals surface area contributed by atoms with Gasteiger partial charge in [0.1, 0.15) is 0 Å². The molecule has 1 aromatic heterocycles. The molecule has 0 amide bonds. The molecule has 5 heteroatoms. The third-order valence-electron chi connectivity index (χ3n) is 5.66. The van der Waals surface area contributed by atoms with Gasteiger partial charge in [0.15, 0.2) is 5.60 Å². The molecule has 146 valence electrons. The summed E-state index contributed by atoms with van der Waals surface area (Å²) in [6.07, 6.45) is 8.29. The summed E-state index contributed by atoms with van der Waals surface area (Å²) in [5.41, 5.74) is 8.09. The smallest absolute Gasteiger partial charge is 0.337 e. The van der Waals surface area contributed by atoms with Crippen LogP contribution in [0.5, 0.6) is 0 Å². The van der Waals surface area contributed by atoms with Crippen LogP contribution in [-0.2, 0) is 17.6 Å². The van der Waals surface area contributed by atoms with E-state index in [0.29, 0.717) is 12.1 Å². The van der Waals surface area contributed by atoms with Gasteiger partial charge < -0.3 is 15.9 Å². The molecule has 1 saturated carbocycles. The van der Waals surface area contributed by atoms with Crippen molar-refractivity contribution in [1.29, 1.82) is 0 Å². The maximum atomic E-state index is 11.8. The normalized spacial score (nSPS) is 18.0. The van der Waals surface area contributed by atoms with E-state index in [9.17, 15) is 15.0 Å². The van der Waals surface area contributed by atoms with Gasteiger partial charge in [-0.15, -0.1) is 0 Å². The van der Waals surface area contributed by atoms with Crippen LogP contribution in [0, 0.1) is 25.7 Å². The van der Waals surface area contributed by atoms with E-state index in [1.165, 1.54) is 24.8 Å². The van der Waals surface area contributed by atoms with Crippen molar-refractivity contribution in [3.8, 4) is 0 Å². The molecule has 0 saturated heterocycles. The van der Waals surface area contributed by atoms with E-state index in [0.717, 1.165) is 29.9 Å². The highest BCUT2D eigenvalue weighted by Gasteiger charge is 2.43. The third-order valence-corrected chi connectivity index (χ3v) is 5.66. The molecule has 2 atom stereocenters. The lowest BCUT2D eigenvalue weighted by Gasteiger charge is -2.31. The minimum atomic E-state index is -2.00. The summed E-state index contributed by atoms with van der Waals surface area (Å²) in [6, 6.07) is -0.833. The molecular weight excluding hydrogens is 328 g/mol. The van der Waals surface area contributed by atoms with Gasteiger partial charge in [-0.1, -0.05) is 33.1 Å². The van der Waals surface area contributed by atoms with Crippen molar-refractivity contribution in [2.24, 2.45) is 17.6 Å². The van der Waals surface area contributed by atoms with Crippen LogP contribution in [0.4, 0.5) is 0 Å². The first kappa shape index (κ1) is 20.8. The Kier molecular flexibility index (Phi) is 6.80. The fraction of sp³-hybridized carbons (Fsp3) is 0.714. The number of hydrogen-bond acceptors (Lipinski definition) is 4. The van der Waals surface area contributed by atoms with Crippen LogP contribution < -0.4 is 5.73 Å². The standard InChI is InChI=1S/C21H34N2O3/c1-13(2)10-19(22)21(26,20(24)25)11-18-15(4)17(14(3)12-23-18)7-5-6-16-8-9-16/h12-13,16,19,26H,5-11,22H2,1-4H3,(H,24,25)/t19-,21+/m0/s1. The average molecular weight is 363 g/mol. The monoisotopic (exact) mass is 362 g/mol. The predicted octanol–water partition coefficient (Wildman–Crippen LogP) is 3.16. The lowest BCUT2D eigenvalue weighted by molar-refractivity contribution is -0.161. The molecule has 1 aromatic rings. The minimum absolute atomic E-state index is 0.0576. The van der Waals surface area contributed by atoms with E-state index >= 15 is 0 Å². The number of nitrogens with zero attached hydrogens (tertiary/aromatic N) is 1. The summed E-state index contributed by atoms with van der Waals surface area (Å²) < 4.78 is 0. The largest absolute Gasteiger partial charge is 0.479 e. The molecule has 1 aliphatic rings. The van der Waals surface area contributed by atoms with Crippen molar-refractivity contribution in [2.75, 3.05) is 0 Å². The first-order valence-electron chi connectivity index (χ1n) is 9.80. The number of carboxylic acids is 1. The number of rotatable bonds is 10. The Balaban J connectivity index is 2.20. The van der Waals surface area contributed by atoms with Gasteiger partial charge in [-0.3, -0.25) is 4.98 Å². The number of pyridine rings is 1. The average Bonchev–Trinajstić information content (AvgIpc) is 3.36. The highest BCUT2D eigenvalue weighted by Crippen LogP contribution is 2.34. The molecule has 2 rings (SSSR count). The van der Waals surface area contributed by atoms with E-state index < -0.39 is 17.6 Å². The molecule has 4 N–H and O–H groups in total. The molecular formula is C21H34N2O3. The summed E-state index contributed by atoms with van der Waals surface area (Å²) in [4.78, 5) is 16.3. The number of carboxylic acid groups (broad SMARTS) is 1. The molecule has 1 fully saturated rings. The number of nitrogens with two attached hydrogens (primary N) is 1. The molecule has 0 aromatic carbocycles. The van der Waals surface area contributed by atoms with Gasteiger partial charge in [-0.05, 0) is 61.6 Å². The number of aryl methyl sites for hydroxylation is 1. The fourth-order valence-electron chi connectivity index (χ4n) is 3.68. The summed E-state index contributed by atoms with van der Waals surface area (Å²) >= 11 is 0. The Morgan fingerprint density at radius 1 is 1.38 bits per heavy atom. The second-order valence-electron chi connectivity index (χ2n) is 8.47. The predicted molar refractivity (Wildman–Crippen MR) is 103 cm³/mol. The van der Waals surface area contributed by atoms with Crippen molar-refractivity contribution in [3.63, 3.8) is 0 Å². The fourth-order valence-corrected chi connectivity index (χ4v) is 3.68. The quantitative estimate of drug-likeness (QED) is 0.594. The van der Waals surface area contributed by atoms with Crippen molar-refractivity contribution >= 4 is 5.97 Å². The Bertz CT molecular complexity index is 640. The minimum Gasteiger partial charge on any atom is -0.479 e. The van der Waals surface area contributed by atoms with E-state index in [1.54, 1.807) is 6.20 Å². The van der Waals surface area contributed by atoms with Crippen LogP contribution in [0.1, 0.15) is 68.3 Å². The number of carbonyl (C=O) groups is 1. The molecule has 0 aliphatic heterocycles. The molecule has 26 heavy (non-hydrogen) atoms. The van der Waals surface area contributed by atoms with E-state index in [1.807, 2.05) is 27.7 Å². The zero-order valence-corrected chi connectivity index (χ0v) is 16.6. The Morgan fingerprint density at radius 2 is 2.04 bits per heavy atom. The third kappa shape index (κ3) is 5.04. The zero-order valence-electron chi connectivity index (χ0n) is 16.6. The van der Waals surface area contributed by atoms with Crippen LogP contribution in [0.25, 0.3) is 0 Å². The van der Waals surface area contributed by atoms with E-state index in [4.69, 9.17) is 5.73 Å². The topological polar surface area (TPSA) is 96.4 Å². The van der Waals surface area contributed by atoms with Crippen LogP contribution in [0.3, 0.4) is 0 Å². The van der Waals surface area contributed by atoms with Gasteiger partial charge in [0.05, 0.1) is 0 Å². The molecule has 1 aliphatic carbocycles. The molecule has 0 spiro atoms. The second kappa shape index (κ2) is 8.49. The maximum absolute atomic E-state index is 11.8. The first-order valence-corrected chi connectivity index (χ1v) is 9.80. The highest BCUT2D eigenvalue weighted by atomic mass is 16.4. The van der Waals surface area contributed by atoms with Crippen molar-refractivity contribution in [2.45, 2.75) is 84.3 Å². The van der Waals surface area contributed by atoms with Crippen molar-refractivity contribution in [3.05, 3.63) is 28.6 Å². The highest BCUT2D eigenvalue weighted by molar-refractivity contribution is 5.78. The van der Waals surface area contributed by atoms with Gasteiger partial charge in [-0.25, -0.2) is 4.79 Å². The molecule has 5 nitrogen and oxygen atoms in total. The lowest BCUT2D eigenvalue weighted by atomic mass is 9.83. The van der Waals surface area contributed by atoms with E-state index in [2.05, 4.69) is 4.98 Å². The summed E-state index contributed by atoms with van der Waals surface area (Å²) in [7, 11) is 0. The molecule has 0 radical (unpaired) electrons. The number of aliphatic carboxylic acids is 1. The van der Waals surface area contributed by atoms with Gasteiger partial charge in [0.25, 0.3) is 0 Å². The van der Waals surface area contributed by atoms with Crippen molar-refractivity contribution in [1.82, 2.24) is 4.98 Å². The maximum Gasteiger partial charge on any atom is 0.337 e. The lowest BCUT2D eigenvalue weighted by Crippen LogP contribution is -2.56. The molecule has 0 unspecified atom stereocenters. The number of aliphatic hydroxyl groups is 1. The molecule has 0 bridgehead atoms. The van der Waals surface area contributed by atoms with Gasteiger partial charge in [0.2, 0.25) is 0 Å². The van der Waals surface area contributed by atoms with Crippen LogP contribution in [0.15, 0.2) is 6.20 Å². The Hall–Kier alpha value is -1.46. The number of hydrogen-bond donors (Lipinski definition) is 3. The van der Waals surface area contributed by atoms with Crippen LogP contribution in [0.2, 0.25) is 0 Å².